The molecule has 0 aliphatic carbocycles. The quantitative estimate of drug-likeness (QED) is 0.774. The molecule has 2 heterocycles. The van der Waals surface area contributed by atoms with Gasteiger partial charge >= 0.3 is 5.97 Å². The molecule has 18 heavy (non-hydrogen) atoms. The molecule has 0 radical (unpaired) electrons. The van der Waals surface area contributed by atoms with E-state index in [1.54, 1.807) is 0 Å². The van der Waals surface area contributed by atoms with Gasteiger partial charge in [0.05, 0.1) is 6.42 Å². The van der Waals surface area contributed by atoms with Gasteiger partial charge in [-0.25, -0.2) is 0 Å². The van der Waals surface area contributed by atoms with Crippen LogP contribution in [0.3, 0.4) is 0 Å². The predicted molar refractivity (Wildman–Crippen MR) is 66.6 cm³/mol. The number of aliphatic carboxylic acids is 1. The van der Waals surface area contributed by atoms with Gasteiger partial charge in [0.25, 0.3) is 5.95 Å². The van der Waals surface area contributed by atoms with Gasteiger partial charge in [-0.1, -0.05) is 15.9 Å². The highest BCUT2D eigenvalue weighted by molar-refractivity contribution is 9.09. The van der Waals surface area contributed by atoms with Crippen molar-refractivity contribution in [3.63, 3.8) is 0 Å². The maximum atomic E-state index is 11.7. The van der Waals surface area contributed by atoms with Crippen molar-refractivity contribution in [2.24, 2.45) is 5.92 Å². The summed E-state index contributed by atoms with van der Waals surface area (Å²) < 4.78 is 0. The van der Waals surface area contributed by atoms with Crippen LogP contribution in [0.2, 0.25) is 0 Å². The SMILES string of the molecule is O=C(O)CCc1nc(N2CC(CBr)CC2=O)n[nH]1. The van der Waals surface area contributed by atoms with Gasteiger partial charge in [0.2, 0.25) is 5.91 Å². The lowest BCUT2D eigenvalue weighted by Crippen LogP contribution is -2.25. The first-order valence-electron chi connectivity index (χ1n) is 5.59. The first-order chi connectivity index (χ1) is 8.60. The van der Waals surface area contributed by atoms with Crippen LogP contribution in [0.15, 0.2) is 0 Å². The minimum Gasteiger partial charge on any atom is -0.481 e. The third-order valence-electron chi connectivity index (χ3n) is 2.76. The number of anilines is 1. The van der Waals surface area contributed by atoms with Crippen molar-refractivity contribution in [3.8, 4) is 0 Å². The molecule has 1 unspecified atom stereocenters. The Labute approximate surface area is 112 Å². The van der Waals surface area contributed by atoms with E-state index in [1.807, 2.05) is 0 Å². The van der Waals surface area contributed by atoms with Crippen LogP contribution in [-0.4, -0.2) is 44.0 Å². The van der Waals surface area contributed by atoms with E-state index in [4.69, 9.17) is 5.11 Å². The van der Waals surface area contributed by atoms with Gasteiger partial charge in [-0.05, 0) is 5.92 Å². The summed E-state index contributed by atoms with van der Waals surface area (Å²) >= 11 is 3.36. The highest BCUT2D eigenvalue weighted by Crippen LogP contribution is 2.23. The van der Waals surface area contributed by atoms with E-state index in [1.165, 1.54) is 4.90 Å². The van der Waals surface area contributed by atoms with Crippen LogP contribution in [0.1, 0.15) is 18.7 Å². The number of carboxylic acids is 1. The van der Waals surface area contributed by atoms with Gasteiger partial charge in [0.1, 0.15) is 5.82 Å². The number of H-pyrrole nitrogens is 1. The number of aryl methyl sites for hydroxylation is 1. The standard InChI is InChI=1S/C10H13BrN4O3/c11-4-6-3-8(16)15(5-6)10-12-7(13-14-10)1-2-9(17)18/h6H,1-5H2,(H,17,18)(H,12,13,14). The van der Waals surface area contributed by atoms with Gasteiger partial charge in [-0.3, -0.25) is 19.6 Å². The Morgan fingerprint density at radius 2 is 2.39 bits per heavy atom. The van der Waals surface area contributed by atoms with Gasteiger partial charge in [0.15, 0.2) is 0 Å². The van der Waals surface area contributed by atoms with Crippen LogP contribution in [0.25, 0.3) is 0 Å². The fraction of sp³-hybridized carbons (Fsp3) is 0.600. The highest BCUT2D eigenvalue weighted by Gasteiger charge is 2.32. The summed E-state index contributed by atoms with van der Waals surface area (Å²) in [6, 6.07) is 0. The zero-order valence-electron chi connectivity index (χ0n) is 9.60. The first kappa shape index (κ1) is 13.0. The number of carbonyl (C=O) groups is 2. The van der Waals surface area contributed by atoms with Crippen LogP contribution in [0.5, 0.6) is 0 Å². The molecule has 0 bridgehead atoms. The van der Waals surface area contributed by atoms with Crippen molar-refractivity contribution in [3.05, 3.63) is 5.82 Å². The molecule has 2 N–H and O–H groups in total. The number of aromatic amines is 1. The average Bonchev–Trinajstić information content (AvgIpc) is 2.92. The Morgan fingerprint density at radius 1 is 1.61 bits per heavy atom. The summed E-state index contributed by atoms with van der Waals surface area (Å²) in [6.07, 6.45) is 0.767. The van der Waals surface area contributed by atoms with Crippen molar-refractivity contribution >= 4 is 33.8 Å². The van der Waals surface area contributed by atoms with Crippen molar-refractivity contribution in [1.29, 1.82) is 0 Å². The van der Waals surface area contributed by atoms with Crippen molar-refractivity contribution in [2.45, 2.75) is 19.3 Å². The molecule has 8 heteroatoms. The minimum absolute atomic E-state index is 0.00299. The number of hydrogen-bond donors (Lipinski definition) is 2. The smallest absolute Gasteiger partial charge is 0.303 e. The van der Waals surface area contributed by atoms with E-state index in [0.717, 1.165) is 5.33 Å². The van der Waals surface area contributed by atoms with Crippen LogP contribution in [0.4, 0.5) is 5.95 Å². The molecule has 1 aromatic heterocycles. The van der Waals surface area contributed by atoms with E-state index in [0.29, 0.717) is 24.7 Å². The molecule has 1 atom stereocenters. The molecule has 1 fully saturated rings. The molecule has 0 spiro atoms. The first-order valence-corrected chi connectivity index (χ1v) is 6.71. The second-order valence-corrected chi connectivity index (χ2v) is 4.85. The molecule has 1 saturated heterocycles. The number of nitrogens with one attached hydrogen (secondary N) is 1. The molecule has 1 aliphatic heterocycles. The molecule has 0 saturated carbocycles. The number of aromatic nitrogens is 3. The number of carbonyl (C=O) groups excluding carboxylic acids is 1. The van der Waals surface area contributed by atoms with E-state index < -0.39 is 5.97 Å². The fourth-order valence-electron chi connectivity index (χ4n) is 1.82. The van der Waals surface area contributed by atoms with E-state index in [2.05, 4.69) is 31.1 Å². The van der Waals surface area contributed by atoms with Gasteiger partial charge in [-0.2, -0.15) is 4.98 Å². The molecule has 0 aromatic carbocycles. The van der Waals surface area contributed by atoms with E-state index >= 15 is 0 Å². The van der Waals surface area contributed by atoms with Crippen LogP contribution < -0.4 is 4.90 Å². The lowest BCUT2D eigenvalue weighted by molar-refractivity contribution is -0.137. The molecule has 1 amide bonds. The summed E-state index contributed by atoms with van der Waals surface area (Å²) in [7, 11) is 0. The van der Waals surface area contributed by atoms with Crippen LogP contribution in [0, 0.1) is 5.92 Å². The average molecular weight is 317 g/mol. The summed E-state index contributed by atoms with van der Waals surface area (Å²) in [5, 5.41) is 16.0. The second kappa shape index (κ2) is 5.47. The number of hydrogen-bond acceptors (Lipinski definition) is 4. The molecule has 1 aromatic rings. The minimum atomic E-state index is -0.885. The zero-order chi connectivity index (χ0) is 13.1. The highest BCUT2D eigenvalue weighted by atomic mass is 79.9. The number of carboxylic acid groups (broad SMARTS) is 1. The Balaban J connectivity index is 2.01. The Bertz CT molecular complexity index is 462. The largest absolute Gasteiger partial charge is 0.481 e. The zero-order valence-corrected chi connectivity index (χ0v) is 11.2. The van der Waals surface area contributed by atoms with Crippen LogP contribution >= 0.6 is 15.9 Å². The molecule has 1 aliphatic rings. The normalized spacial score (nSPS) is 19.5. The number of alkyl halides is 1. The van der Waals surface area contributed by atoms with E-state index in [9.17, 15) is 9.59 Å². The van der Waals surface area contributed by atoms with Gasteiger partial charge < -0.3 is 5.11 Å². The molecular formula is C10H13BrN4O3. The van der Waals surface area contributed by atoms with Crippen molar-refractivity contribution in [1.82, 2.24) is 15.2 Å². The summed E-state index contributed by atoms with van der Waals surface area (Å²) in [4.78, 5) is 27.9. The van der Waals surface area contributed by atoms with Crippen LogP contribution in [-0.2, 0) is 16.0 Å². The Kier molecular flexibility index (Phi) is 3.95. The Morgan fingerprint density at radius 3 is 3.00 bits per heavy atom. The van der Waals surface area contributed by atoms with Crippen molar-refractivity contribution < 1.29 is 14.7 Å². The van der Waals surface area contributed by atoms with Gasteiger partial charge in [0, 0.05) is 24.7 Å². The molecular weight excluding hydrogens is 304 g/mol. The third-order valence-corrected chi connectivity index (χ3v) is 3.68. The number of amides is 1. The van der Waals surface area contributed by atoms with Crippen molar-refractivity contribution in [2.75, 3.05) is 16.8 Å². The summed E-state index contributed by atoms with van der Waals surface area (Å²) in [5.74, 6) is 0.220. The molecule has 98 valence electrons. The fourth-order valence-corrected chi connectivity index (χ4v) is 2.26. The topological polar surface area (TPSA) is 99.2 Å². The lowest BCUT2D eigenvalue weighted by atomic mass is 10.2. The number of halogens is 1. The predicted octanol–water partition coefficient (Wildman–Crippen LogP) is 0.570. The third kappa shape index (κ3) is 2.87. The monoisotopic (exact) mass is 316 g/mol. The summed E-state index contributed by atoms with van der Waals surface area (Å²) in [5.41, 5.74) is 0. The summed E-state index contributed by atoms with van der Waals surface area (Å²) in [6.45, 7) is 0.598. The molecule has 7 nitrogen and oxygen atoms in total. The van der Waals surface area contributed by atoms with E-state index in [-0.39, 0.29) is 24.7 Å². The number of nitrogens with zero attached hydrogens (tertiary/aromatic N) is 3. The molecule has 2 rings (SSSR count). The second-order valence-electron chi connectivity index (χ2n) is 4.20. The van der Waals surface area contributed by atoms with Gasteiger partial charge in [-0.15, -0.1) is 5.10 Å². The Hall–Kier alpha value is -1.44. The maximum absolute atomic E-state index is 11.7. The lowest BCUT2D eigenvalue weighted by Gasteiger charge is -2.10. The maximum Gasteiger partial charge on any atom is 0.303 e. The number of rotatable bonds is 5.